The second-order valence-electron chi connectivity index (χ2n) is 6.23. The van der Waals surface area contributed by atoms with Crippen molar-refractivity contribution in [2.75, 3.05) is 23.8 Å². The molecule has 0 spiro atoms. The Kier molecular flexibility index (Phi) is 16.0. The average molecular weight is 398 g/mol. The Morgan fingerprint density at radius 2 is 1.46 bits per heavy atom. The summed E-state index contributed by atoms with van der Waals surface area (Å²) in [6, 6.07) is 0. The highest BCUT2D eigenvalue weighted by Crippen LogP contribution is 2.24. The lowest BCUT2D eigenvalue weighted by molar-refractivity contribution is -0.148. The summed E-state index contributed by atoms with van der Waals surface area (Å²) in [5.74, 6) is 1.76. The molecule has 0 aromatic heterocycles. The van der Waals surface area contributed by atoms with Gasteiger partial charge in [-0.3, -0.25) is 4.79 Å². The number of nitrogens with zero attached hydrogens (tertiary/aromatic N) is 1. The summed E-state index contributed by atoms with van der Waals surface area (Å²) in [6.07, 6.45) is 5.47. The lowest BCUT2D eigenvalue weighted by Gasteiger charge is -2.35. The van der Waals surface area contributed by atoms with Gasteiger partial charge in [0.15, 0.2) is 0 Å². The van der Waals surface area contributed by atoms with Gasteiger partial charge < -0.3 is 15.1 Å². The molecule has 0 aliphatic heterocycles. The van der Waals surface area contributed by atoms with Gasteiger partial charge in [0.25, 0.3) is 0 Å². The van der Waals surface area contributed by atoms with Crippen LogP contribution >= 0.6 is 37.9 Å². The highest BCUT2D eigenvalue weighted by atomic mass is 32.1. The molecule has 3 unspecified atom stereocenters. The maximum Gasteiger partial charge on any atom is 0.221 e. The molecule has 4 nitrogen and oxygen atoms in total. The van der Waals surface area contributed by atoms with Gasteiger partial charge in [-0.25, -0.2) is 0 Å². The zero-order chi connectivity index (χ0) is 18.4. The number of thiol groups is 3. The van der Waals surface area contributed by atoms with Crippen molar-refractivity contribution in [2.45, 2.75) is 70.6 Å². The van der Waals surface area contributed by atoms with Crippen LogP contribution in [0.5, 0.6) is 0 Å². The van der Waals surface area contributed by atoms with Gasteiger partial charge in [-0.05, 0) is 49.4 Å². The molecule has 0 aliphatic rings. The van der Waals surface area contributed by atoms with Crippen molar-refractivity contribution in [3.8, 4) is 0 Å². The number of amides is 1. The van der Waals surface area contributed by atoms with Crippen molar-refractivity contribution in [2.24, 2.45) is 5.92 Å². The minimum Gasteiger partial charge on any atom is -0.393 e. The molecule has 0 saturated heterocycles. The summed E-state index contributed by atoms with van der Waals surface area (Å²) >= 11 is 12.6. The average Bonchev–Trinajstić information content (AvgIpc) is 2.55. The molecule has 0 bridgehead atoms. The Balaban J connectivity index is 4.70. The minimum atomic E-state index is -0.949. The summed E-state index contributed by atoms with van der Waals surface area (Å²) in [6.45, 7) is 1.92. The zero-order valence-electron chi connectivity index (χ0n) is 14.8. The smallest absolute Gasteiger partial charge is 0.221 e. The molecule has 1 amide bonds. The first-order valence-corrected chi connectivity index (χ1v) is 10.8. The summed E-state index contributed by atoms with van der Waals surface area (Å²) < 4.78 is 0. The second-order valence-corrected chi connectivity index (χ2v) is 7.57. The summed E-state index contributed by atoms with van der Waals surface area (Å²) in [4.78, 5) is 13.3. The van der Waals surface area contributed by atoms with Crippen LogP contribution in [0.15, 0.2) is 0 Å². The molecule has 2 N–H and O–H groups in total. The number of aliphatic hydroxyl groups excluding tert-OH is 2. The van der Waals surface area contributed by atoms with Crippen LogP contribution in [0.3, 0.4) is 0 Å². The SMILES string of the molecule is CC(=O)N(CCCS)C(O)C(CCCS)C(O)CCCCCCS. The van der Waals surface area contributed by atoms with E-state index in [1.165, 1.54) is 11.8 Å². The van der Waals surface area contributed by atoms with Gasteiger partial charge in [-0.2, -0.15) is 37.9 Å². The van der Waals surface area contributed by atoms with Crippen molar-refractivity contribution in [1.82, 2.24) is 4.90 Å². The fourth-order valence-corrected chi connectivity index (χ4v) is 3.40. The first kappa shape index (κ1) is 24.4. The molecule has 0 saturated carbocycles. The van der Waals surface area contributed by atoms with Crippen LogP contribution in [-0.2, 0) is 4.79 Å². The molecule has 24 heavy (non-hydrogen) atoms. The molecule has 0 radical (unpaired) electrons. The molecule has 144 valence electrons. The highest BCUT2D eigenvalue weighted by molar-refractivity contribution is 7.80. The van der Waals surface area contributed by atoms with Crippen LogP contribution in [0.2, 0.25) is 0 Å². The Bertz CT molecular complexity index is 321. The zero-order valence-corrected chi connectivity index (χ0v) is 17.5. The Morgan fingerprint density at radius 1 is 0.875 bits per heavy atom. The first-order valence-electron chi connectivity index (χ1n) is 8.95. The maximum absolute atomic E-state index is 11.9. The van der Waals surface area contributed by atoms with E-state index in [4.69, 9.17) is 0 Å². The van der Waals surface area contributed by atoms with Crippen LogP contribution in [0, 0.1) is 5.92 Å². The number of unbranched alkanes of at least 4 members (excludes halogenated alkanes) is 3. The number of carbonyl (C=O) groups is 1. The molecule has 0 aliphatic carbocycles. The lowest BCUT2D eigenvalue weighted by atomic mass is 9.90. The van der Waals surface area contributed by atoms with E-state index in [1.807, 2.05) is 0 Å². The van der Waals surface area contributed by atoms with Crippen LogP contribution in [0.25, 0.3) is 0 Å². The van der Waals surface area contributed by atoms with E-state index in [2.05, 4.69) is 37.9 Å². The van der Waals surface area contributed by atoms with Gasteiger partial charge in [0.1, 0.15) is 6.23 Å². The van der Waals surface area contributed by atoms with Crippen molar-refractivity contribution >= 4 is 43.8 Å². The van der Waals surface area contributed by atoms with Crippen molar-refractivity contribution < 1.29 is 15.0 Å². The van der Waals surface area contributed by atoms with Gasteiger partial charge in [-0.15, -0.1) is 0 Å². The van der Waals surface area contributed by atoms with E-state index >= 15 is 0 Å². The third kappa shape index (κ3) is 10.4. The van der Waals surface area contributed by atoms with Gasteiger partial charge in [0.2, 0.25) is 5.91 Å². The van der Waals surface area contributed by atoms with Crippen molar-refractivity contribution in [1.29, 1.82) is 0 Å². The number of hydrogen-bond acceptors (Lipinski definition) is 6. The Morgan fingerprint density at radius 3 is 2.00 bits per heavy atom. The molecular weight excluding hydrogens is 362 g/mol. The van der Waals surface area contributed by atoms with E-state index in [-0.39, 0.29) is 11.8 Å². The van der Waals surface area contributed by atoms with Crippen LogP contribution in [-0.4, -0.2) is 57.2 Å². The summed E-state index contributed by atoms with van der Waals surface area (Å²) in [5.41, 5.74) is 0. The number of hydrogen-bond donors (Lipinski definition) is 5. The van der Waals surface area contributed by atoms with E-state index in [9.17, 15) is 15.0 Å². The third-order valence-corrected chi connectivity index (χ3v) is 5.21. The molecular formula is C17H35NO3S3. The van der Waals surface area contributed by atoms with Crippen molar-refractivity contribution in [3.63, 3.8) is 0 Å². The van der Waals surface area contributed by atoms with Crippen LogP contribution in [0.1, 0.15) is 58.3 Å². The molecule has 7 heteroatoms. The lowest BCUT2D eigenvalue weighted by Crippen LogP contribution is -2.47. The molecule has 0 rings (SSSR count). The number of aliphatic hydroxyl groups is 2. The normalized spacial score (nSPS) is 15.1. The van der Waals surface area contributed by atoms with E-state index < -0.39 is 12.3 Å². The molecule has 0 aromatic carbocycles. The van der Waals surface area contributed by atoms with Gasteiger partial charge in [-0.1, -0.05) is 19.3 Å². The Labute approximate surface area is 164 Å². The monoisotopic (exact) mass is 397 g/mol. The largest absolute Gasteiger partial charge is 0.393 e. The van der Waals surface area contributed by atoms with Crippen LogP contribution in [0.4, 0.5) is 0 Å². The molecule has 3 atom stereocenters. The predicted molar refractivity (Wildman–Crippen MR) is 111 cm³/mol. The highest BCUT2D eigenvalue weighted by Gasteiger charge is 2.31. The van der Waals surface area contributed by atoms with E-state index in [1.54, 1.807) is 0 Å². The molecule has 0 fully saturated rings. The maximum atomic E-state index is 11.9. The molecule has 0 aromatic rings. The standard InChI is InChI=1S/C17H35NO3S3/c1-14(19)18(10-7-13-24)17(21)15(8-6-12-23)16(20)9-4-2-3-5-11-22/h15-17,20-24H,2-13H2,1H3. The third-order valence-electron chi connectivity index (χ3n) is 4.26. The van der Waals surface area contributed by atoms with E-state index in [0.29, 0.717) is 30.9 Å². The predicted octanol–water partition coefficient (Wildman–Crippen LogP) is 3.04. The first-order chi connectivity index (χ1) is 11.5. The van der Waals surface area contributed by atoms with E-state index in [0.717, 1.165) is 44.3 Å². The van der Waals surface area contributed by atoms with Crippen molar-refractivity contribution in [3.05, 3.63) is 0 Å². The number of rotatable bonds is 15. The molecule has 0 heterocycles. The Hall–Kier alpha value is 0.440. The topological polar surface area (TPSA) is 60.8 Å². The van der Waals surface area contributed by atoms with Gasteiger partial charge in [0.05, 0.1) is 6.10 Å². The van der Waals surface area contributed by atoms with Crippen LogP contribution < -0.4 is 0 Å². The summed E-state index contributed by atoms with van der Waals surface area (Å²) in [7, 11) is 0. The minimum absolute atomic E-state index is 0.166. The van der Waals surface area contributed by atoms with Gasteiger partial charge in [0, 0.05) is 19.4 Å². The fourth-order valence-electron chi connectivity index (χ4n) is 2.85. The summed E-state index contributed by atoms with van der Waals surface area (Å²) in [5, 5.41) is 21.3. The second kappa shape index (κ2) is 15.7. The fraction of sp³-hybridized carbons (Fsp3) is 0.941. The quantitative estimate of drug-likeness (QED) is 0.168. The van der Waals surface area contributed by atoms with Gasteiger partial charge >= 0.3 is 0 Å². The number of carbonyl (C=O) groups excluding carboxylic acids is 1.